The van der Waals surface area contributed by atoms with Gasteiger partial charge in [0, 0.05) is 6.42 Å². The van der Waals surface area contributed by atoms with Crippen molar-refractivity contribution in [1.82, 2.24) is 0 Å². The van der Waals surface area contributed by atoms with Crippen LogP contribution in [0.3, 0.4) is 0 Å². The summed E-state index contributed by atoms with van der Waals surface area (Å²) in [5, 5.41) is 14.7. The van der Waals surface area contributed by atoms with Crippen molar-refractivity contribution in [3.05, 3.63) is 120 Å². The lowest BCUT2D eigenvalue weighted by atomic mass is 9.90. The van der Waals surface area contributed by atoms with E-state index in [9.17, 15) is 4.79 Å². The van der Waals surface area contributed by atoms with Crippen molar-refractivity contribution in [2.75, 3.05) is 0 Å². The summed E-state index contributed by atoms with van der Waals surface area (Å²) in [6, 6.07) is 39.9. The highest BCUT2D eigenvalue weighted by molar-refractivity contribution is 6.19. The third kappa shape index (κ3) is 3.07. The minimum atomic E-state index is 0.173. The van der Waals surface area contributed by atoms with Gasteiger partial charge in [0.2, 0.25) is 0 Å². The molecule has 0 unspecified atom stereocenters. The molecule has 0 saturated heterocycles. The Bertz CT molecular complexity index is 2230. The predicted octanol–water partition coefficient (Wildman–Crippen LogP) is 7.65. The van der Waals surface area contributed by atoms with Crippen molar-refractivity contribution in [1.29, 1.82) is 0 Å². The van der Waals surface area contributed by atoms with Crippen LogP contribution in [0.4, 0.5) is 0 Å². The van der Waals surface area contributed by atoms with Gasteiger partial charge in [0.1, 0.15) is 0 Å². The van der Waals surface area contributed by atoms with Gasteiger partial charge in [0.25, 0.3) is 0 Å². The largest absolute Gasteiger partial charge is 0.294 e. The van der Waals surface area contributed by atoms with E-state index in [1.165, 1.54) is 65.0 Å². The Morgan fingerprint density at radius 3 is 1.76 bits per heavy atom. The van der Waals surface area contributed by atoms with E-state index in [-0.39, 0.29) is 5.78 Å². The molecule has 0 aliphatic heterocycles. The quantitative estimate of drug-likeness (QED) is 0.178. The fourth-order valence-electron chi connectivity index (χ4n) is 6.17. The highest BCUT2D eigenvalue weighted by Crippen LogP contribution is 2.38. The van der Waals surface area contributed by atoms with Crippen LogP contribution in [0, 0.1) is 0 Å². The number of hydrogen-bond acceptors (Lipinski definition) is 1. The van der Waals surface area contributed by atoms with Gasteiger partial charge in [0.05, 0.1) is 0 Å². The molecule has 1 nitrogen and oxygen atoms in total. The lowest BCUT2D eigenvalue weighted by Crippen LogP contribution is -2.28. The average Bonchev–Trinajstić information content (AvgIpc) is 2.94. The second-order valence-corrected chi connectivity index (χ2v) is 10.1. The second-order valence-electron chi connectivity index (χ2n) is 10.1. The fraction of sp³-hybridized carbons (Fsp3) is 0.0278. The van der Waals surface area contributed by atoms with Gasteiger partial charge in [-0.05, 0) is 106 Å². The Morgan fingerprint density at radius 2 is 1.05 bits per heavy atom. The van der Waals surface area contributed by atoms with Gasteiger partial charge in [-0.1, -0.05) is 91.0 Å². The van der Waals surface area contributed by atoms with Crippen LogP contribution in [-0.4, -0.2) is 5.78 Å². The van der Waals surface area contributed by atoms with Crippen LogP contribution in [-0.2, 0) is 4.79 Å². The van der Waals surface area contributed by atoms with Gasteiger partial charge < -0.3 is 0 Å². The Balaban J connectivity index is 1.42. The first-order valence-corrected chi connectivity index (χ1v) is 12.8. The fourth-order valence-corrected chi connectivity index (χ4v) is 6.17. The van der Waals surface area contributed by atoms with Gasteiger partial charge in [-0.2, -0.15) is 0 Å². The molecule has 0 amide bonds. The van der Waals surface area contributed by atoms with E-state index < -0.39 is 0 Å². The Kier molecular flexibility index (Phi) is 4.21. The summed E-state index contributed by atoms with van der Waals surface area (Å²) in [6.45, 7) is 0. The van der Waals surface area contributed by atoms with Crippen LogP contribution < -0.4 is 10.4 Å². The SMILES string of the molecule is O=C1C=c2cc3ccc4c(-c5cccc6c5ccc5cc7ccccc7cc56)cccc4c3cc2=CC1. The molecule has 0 spiro atoms. The summed E-state index contributed by atoms with van der Waals surface area (Å²) >= 11 is 0. The van der Waals surface area contributed by atoms with Crippen molar-refractivity contribution in [2.24, 2.45) is 0 Å². The third-order valence-electron chi connectivity index (χ3n) is 7.95. The number of hydrogen-bond donors (Lipinski definition) is 0. The Morgan fingerprint density at radius 1 is 0.432 bits per heavy atom. The molecular weight excluding hydrogens is 448 g/mol. The van der Waals surface area contributed by atoms with E-state index in [1.54, 1.807) is 6.08 Å². The molecule has 0 saturated carbocycles. The van der Waals surface area contributed by atoms with E-state index in [4.69, 9.17) is 0 Å². The first-order chi connectivity index (χ1) is 18.2. The van der Waals surface area contributed by atoms with Crippen LogP contribution in [0.25, 0.3) is 77.1 Å². The summed E-state index contributed by atoms with van der Waals surface area (Å²) in [6.07, 6.45) is 4.31. The van der Waals surface area contributed by atoms with Gasteiger partial charge in [-0.25, -0.2) is 0 Å². The van der Waals surface area contributed by atoms with Crippen molar-refractivity contribution in [2.45, 2.75) is 6.42 Å². The molecule has 7 aromatic rings. The highest BCUT2D eigenvalue weighted by atomic mass is 16.1. The molecule has 0 N–H and O–H groups in total. The maximum atomic E-state index is 11.9. The number of benzene rings is 7. The number of ketones is 1. The first-order valence-electron chi connectivity index (χ1n) is 12.8. The molecule has 1 aliphatic rings. The van der Waals surface area contributed by atoms with Crippen molar-refractivity contribution in [3.63, 3.8) is 0 Å². The summed E-state index contributed by atoms with van der Waals surface area (Å²) < 4.78 is 0. The van der Waals surface area contributed by atoms with Crippen LogP contribution in [0.1, 0.15) is 6.42 Å². The third-order valence-corrected chi connectivity index (χ3v) is 7.95. The predicted molar refractivity (Wildman–Crippen MR) is 157 cm³/mol. The minimum Gasteiger partial charge on any atom is -0.294 e. The molecule has 1 heteroatoms. The lowest BCUT2D eigenvalue weighted by Gasteiger charge is -2.14. The zero-order chi connectivity index (χ0) is 24.5. The highest BCUT2D eigenvalue weighted by Gasteiger charge is 2.12. The molecule has 0 aromatic heterocycles. The number of rotatable bonds is 1. The molecular formula is C36H22O. The molecule has 7 aromatic carbocycles. The van der Waals surface area contributed by atoms with Crippen LogP contribution >= 0.6 is 0 Å². The maximum absolute atomic E-state index is 11.9. The smallest absolute Gasteiger partial charge is 0.160 e. The molecule has 8 rings (SSSR count). The Hall–Kier alpha value is -4.75. The normalized spacial score (nSPS) is 13.2. The number of Topliss-reactive ketones (excluding diaryl/α,β-unsaturated/α-hetero) is 1. The van der Waals surface area contributed by atoms with Crippen molar-refractivity contribution >= 4 is 71.8 Å². The summed E-state index contributed by atoms with van der Waals surface area (Å²) in [4.78, 5) is 11.9. The van der Waals surface area contributed by atoms with Crippen LogP contribution in [0.2, 0.25) is 0 Å². The Labute approximate surface area is 213 Å². The molecule has 1 aliphatic carbocycles. The zero-order valence-corrected chi connectivity index (χ0v) is 20.2. The first kappa shape index (κ1) is 20.4. The molecule has 37 heavy (non-hydrogen) atoms. The zero-order valence-electron chi connectivity index (χ0n) is 20.2. The van der Waals surface area contributed by atoms with E-state index >= 15 is 0 Å². The van der Waals surface area contributed by atoms with Gasteiger partial charge in [0.15, 0.2) is 5.78 Å². The molecule has 0 radical (unpaired) electrons. The van der Waals surface area contributed by atoms with Gasteiger partial charge in [-0.15, -0.1) is 0 Å². The van der Waals surface area contributed by atoms with Crippen LogP contribution in [0.5, 0.6) is 0 Å². The van der Waals surface area contributed by atoms with E-state index in [2.05, 4.69) is 115 Å². The molecule has 0 atom stereocenters. The van der Waals surface area contributed by atoms with Crippen molar-refractivity contribution in [3.8, 4) is 11.1 Å². The van der Waals surface area contributed by atoms with Crippen molar-refractivity contribution < 1.29 is 4.79 Å². The minimum absolute atomic E-state index is 0.173. The molecule has 172 valence electrons. The summed E-state index contributed by atoms with van der Waals surface area (Å²) in [7, 11) is 0. The summed E-state index contributed by atoms with van der Waals surface area (Å²) in [5.74, 6) is 0.173. The van der Waals surface area contributed by atoms with E-state index in [0.717, 1.165) is 10.4 Å². The molecule has 0 fully saturated rings. The van der Waals surface area contributed by atoms with Gasteiger partial charge in [-0.3, -0.25) is 4.79 Å². The number of fused-ring (bicyclic) bond motifs is 8. The maximum Gasteiger partial charge on any atom is 0.160 e. The number of carbonyl (C=O) groups excluding carboxylic acids is 1. The summed E-state index contributed by atoms with van der Waals surface area (Å²) in [5.41, 5.74) is 2.49. The molecule has 0 bridgehead atoms. The lowest BCUT2D eigenvalue weighted by molar-refractivity contribution is -0.112. The van der Waals surface area contributed by atoms with Crippen LogP contribution in [0.15, 0.2) is 109 Å². The topological polar surface area (TPSA) is 17.1 Å². The van der Waals surface area contributed by atoms with E-state index in [1.807, 2.05) is 0 Å². The standard InChI is InChI=1S/C36H22O/c37-28-14-11-24-21-36-26(18-27(24)19-28)13-16-34-30(8-4-10-32(34)36)29-7-3-9-31-33(29)15-12-25-17-22-5-1-2-6-23(22)20-35(25)31/h1-13,15-21H,14H2. The van der Waals surface area contributed by atoms with E-state index in [0.29, 0.717) is 6.42 Å². The number of carbonyl (C=O) groups is 1. The molecule has 0 heterocycles. The monoisotopic (exact) mass is 470 g/mol. The van der Waals surface area contributed by atoms with Gasteiger partial charge >= 0.3 is 0 Å². The second kappa shape index (κ2) is 7.62. The average molecular weight is 471 g/mol.